The van der Waals surface area contributed by atoms with Crippen molar-refractivity contribution in [1.82, 2.24) is 9.03 Å². The lowest BCUT2D eigenvalue weighted by molar-refractivity contribution is -0.140. The molecule has 3 aromatic rings. The second-order valence-electron chi connectivity index (χ2n) is 10.1. The summed E-state index contributed by atoms with van der Waals surface area (Å²) >= 11 is 0. The van der Waals surface area contributed by atoms with E-state index < -0.39 is 38.0 Å². The minimum Gasteiger partial charge on any atom is -0.497 e. The van der Waals surface area contributed by atoms with Crippen molar-refractivity contribution in [3.63, 3.8) is 0 Å². The number of carbonyl (C=O) groups is 1. The third kappa shape index (κ3) is 7.28. The van der Waals surface area contributed by atoms with Crippen molar-refractivity contribution in [2.75, 3.05) is 13.4 Å². The third-order valence-corrected chi connectivity index (χ3v) is 10.1. The summed E-state index contributed by atoms with van der Waals surface area (Å²) in [6.07, 6.45) is 2.80. The number of nitrogens with one attached hydrogen (secondary N) is 1. The van der Waals surface area contributed by atoms with E-state index in [1.165, 1.54) is 22.7 Å². The van der Waals surface area contributed by atoms with E-state index in [1.807, 2.05) is 54.6 Å². The quantitative estimate of drug-likeness (QED) is 0.346. The molecule has 0 saturated heterocycles. The molecular formula is C29H34N2O7S2. The number of benzene rings is 3. The number of nitrogens with zero attached hydrogens (tertiary/aromatic N) is 1. The lowest BCUT2D eigenvalue weighted by atomic mass is 9.81. The zero-order valence-corrected chi connectivity index (χ0v) is 24.1. The number of carboxylic acids is 1. The maximum Gasteiger partial charge on any atom is 0.322 e. The van der Waals surface area contributed by atoms with Crippen LogP contribution in [-0.2, 0) is 31.4 Å². The van der Waals surface area contributed by atoms with Crippen LogP contribution in [0.2, 0.25) is 0 Å². The Hall–Kier alpha value is -3.25. The van der Waals surface area contributed by atoms with Crippen LogP contribution in [0.3, 0.4) is 0 Å². The van der Waals surface area contributed by atoms with Crippen molar-refractivity contribution >= 4 is 26.0 Å². The lowest BCUT2D eigenvalue weighted by Gasteiger charge is -2.37. The fraction of sp³-hybridized carbons (Fsp3) is 0.345. The normalized spacial score (nSPS) is 18.8. The van der Waals surface area contributed by atoms with Crippen LogP contribution in [-0.4, -0.2) is 57.7 Å². The van der Waals surface area contributed by atoms with E-state index in [9.17, 15) is 26.7 Å². The molecule has 11 heteroatoms. The smallest absolute Gasteiger partial charge is 0.322 e. The van der Waals surface area contributed by atoms with E-state index in [1.54, 1.807) is 19.2 Å². The highest BCUT2D eigenvalue weighted by Gasteiger charge is 2.38. The van der Waals surface area contributed by atoms with Crippen LogP contribution in [0.15, 0.2) is 83.8 Å². The van der Waals surface area contributed by atoms with E-state index in [-0.39, 0.29) is 17.5 Å². The number of sulfonamides is 2. The molecule has 1 fully saturated rings. The molecule has 4 rings (SSSR count). The van der Waals surface area contributed by atoms with Gasteiger partial charge >= 0.3 is 5.97 Å². The minimum absolute atomic E-state index is 0.0317. The van der Waals surface area contributed by atoms with Gasteiger partial charge in [0.1, 0.15) is 11.8 Å². The molecule has 1 aliphatic rings. The first-order valence-corrected chi connectivity index (χ1v) is 16.3. The van der Waals surface area contributed by atoms with Gasteiger partial charge in [-0.25, -0.2) is 16.8 Å². The molecule has 1 saturated carbocycles. The number of hydrogen-bond donors (Lipinski definition) is 2. The zero-order valence-electron chi connectivity index (χ0n) is 22.4. The van der Waals surface area contributed by atoms with Gasteiger partial charge in [-0.3, -0.25) is 4.79 Å². The van der Waals surface area contributed by atoms with Gasteiger partial charge in [0.05, 0.1) is 18.3 Å². The van der Waals surface area contributed by atoms with E-state index in [0.29, 0.717) is 31.4 Å². The van der Waals surface area contributed by atoms with Gasteiger partial charge in [-0.15, -0.1) is 0 Å². The van der Waals surface area contributed by atoms with Gasteiger partial charge in [-0.2, -0.15) is 9.03 Å². The molecule has 1 aliphatic carbocycles. The second-order valence-corrected chi connectivity index (χ2v) is 13.7. The van der Waals surface area contributed by atoms with Crippen LogP contribution in [0.5, 0.6) is 5.75 Å². The molecule has 0 bridgehead atoms. The second kappa shape index (κ2) is 12.5. The van der Waals surface area contributed by atoms with Crippen molar-refractivity contribution in [2.24, 2.45) is 5.92 Å². The highest BCUT2D eigenvalue weighted by atomic mass is 32.2. The number of ether oxygens (including phenoxy) is 1. The van der Waals surface area contributed by atoms with Gasteiger partial charge in [0.25, 0.3) is 0 Å². The molecule has 0 radical (unpaired) electrons. The van der Waals surface area contributed by atoms with E-state index >= 15 is 0 Å². The summed E-state index contributed by atoms with van der Waals surface area (Å²) in [5, 5.41) is 9.93. The number of hydrogen-bond acceptors (Lipinski definition) is 6. The number of methoxy groups -OCH3 is 1. The average Bonchev–Trinajstić information content (AvgIpc) is 2.95. The molecule has 9 nitrogen and oxygen atoms in total. The van der Waals surface area contributed by atoms with Crippen molar-refractivity contribution in [3.8, 4) is 16.9 Å². The minimum atomic E-state index is -4.11. The van der Waals surface area contributed by atoms with Gasteiger partial charge in [0.15, 0.2) is 0 Å². The number of carboxylic acid groups (broad SMARTS) is 1. The first kappa shape index (κ1) is 29.7. The summed E-state index contributed by atoms with van der Waals surface area (Å²) in [6.45, 7) is 0.233. The van der Waals surface area contributed by atoms with E-state index in [0.717, 1.165) is 16.7 Å². The largest absolute Gasteiger partial charge is 0.497 e. The van der Waals surface area contributed by atoms with Gasteiger partial charge in [-0.05, 0) is 72.6 Å². The Morgan fingerprint density at radius 3 is 1.95 bits per heavy atom. The fourth-order valence-corrected chi connectivity index (χ4v) is 7.59. The van der Waals surface area contributed by atoms with Crippen LogP contribution in [0.4, 0.5) is 0 Å². The van der Waals surface area contributed by atoms with Crippen molar-refractivity contribution < 1.29 is 31.5 Å². The lowest BCUT2D eigenvalue weighted by Crippen LogP contribution is -2.49. The summed E-state index contributed by atoms with van der Waals surface area (Å²) in [4.78, 5) is 12.1. The topological polar surface area (TPSA) is 130 Å². The van der Waals surface area contributed by atoms with E-state index in [2.05, 4.69) is 4.72 Å². The molecule has 3 aromatic carbocycles. The number of rotatable bonds is 11. The fourth-order valence-electron chi connectivity index (χ4n) is 5.20. The molecule has 0 heterocycles. The Morgan fingerprint density at radius 2 is 1.45 bits per heavy atom. The Labute approximate surface area is 235 Å². The van der Waals surface area contributed by atoms with Crippen molar-refractivity contribution in [1.29, 1.82) is 0 Å². The van der Waals surface area contributed by atoms with Gasteiger partial charge in [0.2, 0.25) is 20.0 Å². The summed E-state index contributed by atoms with van der Waals surface area (Å²) < 4.78 is 60.5. The summed E-state index contributed by atoms with van der Waals surface area (Å²) in [7, 11) is -6.05. The van der Waals surface area contributed by atoms with Crippen LogP contribution in [0.1, 0.15) is 31.2 Å². The Kier molecular flexibility index (Phi) is 9.29. The molecule has 1 unspecified atom stereocenters. The van der Waals surface area contributed by atoms with E-state index in [4.69, 9.17) is 4.74 Å². The molecular weight excluding hydrogens is 552 g/mol. The average molecular weight is 587 g/mol. The van der Waals surface area contributed by atoms with Gasteiger partial charge in [0, 0.05) is 12.6 Å². The third-order valence-electron chi connectivity index (χ3n) is 7.36. The highest BCUT2D eigenvalue weighted by molar-refractivity contribution is 7.89. The molecule has 214 valence electrons. The first-order chi connectivity index (χ1) is 19.0. The maximum absolute atomic E-state index is 13.1. The molecule has 0 spiro atoms. The predicted octanol–water partition coefficient (Wildman–Crippen LogP) is 4.11. The molecule has 1 atom stereocenters. The molecule has 40 heavy (non-hydrogen) atoms. The molecule has 2 N–H and O–H groups in total. The summed E-state index contributed by atoms with van der Waals surface area (Å²) in [6, 6.07) is 21.3. The van der Waals surface area contributed by atoms with Crippen LogP contribution < -0.4 is 9.46 Å². The van der Waals surface area contributed by atoms with Crippen molar-refractivity contribution in [3.05, 3.63) is 84.4 Å². The molecule has 0 aliphatic heterocycles. The monoisotopic (exact) mass is 586 g/mol. The summed E-state index contributed by atoms with van der Waals surface area (Å²) in [5.41, 5.74) is 2.55. The van der Waals surface area contributed by atoms with Crippen molar-refractivity contribution in [2.45, 2.75) is 49.2 Å². The standard InChI is InChI=1S/C29H34N2O7S2/c1-38-26-16-10-22(11-17-26)23-12-18-27(19-13-23)40(36,37)30-28(29(32)33)24-8-14-25(15-9-24)31(39(2,34)35)20-21-6-4-3-5-7-21/h3-7,10-13,16-19,24-25,28,30H,8-9,14-15,20H2,1-2H3,(H,32,33). The molecule has 0 amide bonds. The Morgan fingerprint density at radius 1 is 0.900 bits per heavy atom. The van der Waals surface area contributed by atoms with Crippen LogP contribution in [0.25, 0.3) is 11.1 Å². The van der Waals surface area contributed by atoms with Crippen LogP contribution in [0, 0.1) is 5.92 Å². The SMILES string of the molecule is COc1ccc(-c2ccc(S(=O)(=O)NC(C(=O)O)C3CCC(N(Cc4ccccc4)S(C)(=O)=O)CC3)cc2)cc1. The first-order valence-electron chi connectivity index (χ1n) is 13.0. The predicted molar refractivity (Wildman–Crippen MR) is 153 cm³/mol. The zero-order chi connectivity index (χ0) is 28.9. The maximum atomic E-state index is 13.1. The highest BCUT2D eigenvalue weighted by Crippen LogP contribution is 2.33. The molecule has 0 aromatic heterocycles. The summed E-state index contributed by atoms with van der Waals surface area (Å²) in [5.74, 6) is -1.02. The van der Waals surface area contributed by atoms with Gasteiger partial charge < -0.3 is 9.84 Å². The Bertz CT molecular complexity index is 1500. The van der Waals surface area contributed by atoms with Crippen LogP contribution >= 0.6 is 0 Å². The van der Waals surface area contributed by atoms with Gasteiger partial charge in [-0.1, -0.05) is 54.6 Å². The Balaban J connectivity index is 1.43. The number of aliphatic carboxylic acids is 1.